The number of terminal acetylenes is 1. The minimum absolute atomic E-state index is 1.03. The minimum Gasteiger partial charge on any atom is -0.115 e. The second-order valence-corrected chi connectivity index (χ2v) is 0.977. The van der Waals surface area contributed by atoms with Crippen molar-refractivity contribution in [2.24, 2.45) is 0 Å². The Labute approximate surface area is 38.9 Å². The van der Waals surface area contributed by atoms with Gasteiger partial charge in [-0.1, -0.05) is 18.9 Å². The summed E-state index contributed by atoms with van der Waals surface area (Å²) in [5, 5.41) is 0. The molecule has 0 aliphatic carbocycles. The smallest absolute Gasteiger partial charge is 0.0162 e. The van der Waals surface area contributed by atoms with Gasteiger partial charge in [0.2, 0.25) is 0 Å². The highest BCUT2D eigenvalue weighted by atomic mass is 13.6. The van der Waals surface area contributed by atoms with Gasteiger partial charge >= 0.3 is 0 Å². The summed E-state index contributed by atoms with van der Waals surface area (Å²) in [7, 11) is 0. The van der Waals surface area contributed by atoms with Gasteiger partial charge in [0.1, 0.15) is 0 Å². The number of rotatable bonds is 1. The molecule has 0 aromatic rings. The van der Waals surface area contributed by atoms with Crippen LogP contribution in [-0.4, -0.2) is 0 Å². The van der Waals surface area contributed by atoms with Crippen LogP contribution in [0.25, 0.3) is 0 Å². The van der Waals surface area contributed by atoms with Crippen molar-refractivity contribution < 1.29 is 0 Å². The summed E-state index contributed by atoms with van der Waals surface area (Å²) >= 11 is 0. The first-order valence-corrected chi connectivity index (χ1v) is 2.03. The molecule has 0 saturated carbocycles. The fraction of sp³-hybridized carbons (Fsp3) is 0.333. The molecule has 0 nitrogen and oxygen atoms in total. The van der Waals surface area contributed by atoms with Crippen LogP contribution in [0.3, 0.4) is 0 Å². The molecule has 0 aromatic heterocycles. The molecule has 0 aliphatic heterocycles. The number of hydrogen-bond acceptors (Lipinski definition) is 0. The third-order valence-electron chi connectivity index (χ3n) is 0.450. The Morgan fingerprint density at radius 1 is 1.83 bits per heavy atom. The molecule has 0 N–H and O–H groups in total. The lowest BCUT2D eigenvalue weighted by molar-refractivity contribution is 1.23. The van der Waals surface area contributed by atoms with Gasteiger partial charge in [-0.15, -0.1) is 6.42 Å². The molecule has 0 rings (SSSR count). The van der Waals surface area contributed by atoms with E-state index in [1.807, 2.05) is 13.0 Å². The minimum atomic E-state index is 1.03. The highest BCUT2D eigenvalue weighted by molar-refractivity contribution is 5.07. The standard InChI is InChI=1S/C6H8/c1-3-5-6-4-2/h1,5-6H,4H2,2H3/b6-5-. The zero-order valence-corrected chi connectivity index (χ0v) is 3.94. The first-order valence-electron chi connectivity index (χ1n) is 2.03. The van der Waals surface area contributed by atoms with Crippen LogP contribution in [0, 0.1) is 12.3 Å². The molecule has 0 atom stereocenters. The van der Waals surface area contributed by atoms with Gasteiger partial charge in [-0.25, -0.2) is 0 Å². The van der Waals surface area contributed by atoms with Gasteiger partial charge in [0.15, 0.2) is 0 Å². The molecular formula is C6H8. The van der Waals surface area contributed by atoms with E-state index in [1.165, 1.54) is 0 Å². The normalized spacial score (nSPS) is 8.67. The molecule has 0 heterocycles. The van der Waals surface area contributed by atoms with Crippen LogP contribution in [0.1, 0.15) is 13.3 Å². The largest absolute Gasteiger partial charge is 0.115 e. The van der Waals surface area contributed by atoms with Crippen LogP contribution in [0.15, 0.2) is 12.2 Å². The molecule has 0 aliphatic rings. The van der Waals surface area contributed by atoms with E-state index < -0.39 is 0 Å². The molecule has 0 aromatic carbocycles. The first-order chi connectivity index (χ1) is 2.91. The highest BCUT2D eigenvalue weighted by Gasteiger charge is 1.55. The molecule has 0 saturated heterocycles. The maximum Gasteiger partial charge on any atom is -0.0162 e. The average Bonchev–Trinajstić information content (AvgIpc) is 1.61. The van der Waals surface area contributed by atoms with Crippen LogP contribution in [-0.2, 0) is 0 Å². The van der Waals surface area contributed by atoms with Crippen molar-refractivity contribution in [1.82, 2.24) is 0 Å². The van der Waals surface area contributed by atoms with Gasteiger partial charge < -0.3 is 0 Å². The molecule has 0 radical (unpaired) electrons. The van der Waals surface area contributed by atoms with E-state index in [1.54, 1.807) is 6.08 Å². The third kappa shape index (κ3) is 3.30. The maximum absolute atomic E-state index is 4.88. The second kappa shape index (κ2) is 4.30. The fourth-order valence-electron chi connectivity index (χ4n) is 0.186. The molecule has 0 heteroatoms. The van der Waals surface area contributed by atoms with Crippen molar-refractivity contribution in [2.45, 2.75) is 13.3 Å². The van der Waals surface area contributed by atoms with Crippen LogP contribution in [0.4, 0.5) is 0 Å². The van der Waals surface area contributed by atoms with E-state index in [9.17, 15) is 0 Å². The quantitative estimate of drug-likeness (QED) is 0.419. The Kier molecular flexibility index (Phi) is 3.80. The monoisotopic (exact) mass is 80.1 g/mol. The zero-order chi connectivity index (χ0) is 4.83. The van der Waals surface area contributed by atoms with Crippen LogP contribution in [0.5, 0.6) is 0 Å². The fourth-order valence-corrected chi connectivity index (χ4v) is 0.186. The van der Waals surface area contributed by atoms with E-state index >= 15 is 0 Å². The zero-order valence-electron chi connectivity index (χ0n) is 3.94. The first kappa shape index (κ1) is 5.30. The van der Waals surface area contributed by atoms with Gasteiger partial charge in [0.05, 0.1) is 0 Å². The molecule has 0 bridgehead atoms. The van der Waals surface area contributed by atoms with Crippen molar-refractivity contribution in [2.75, 3.05) is 0 Å². The molecule has 0 fully saturated rings. The van der Waals surface area contributed by atoms with Gasteiger partial charge in [-0.2, -0.15) is 0 Å². The van der Waals surface area contributed by atoms with E-state index in [2.05, 4.69) is 5.92 Å². The molecule has 32 valence electrons. The lowest BCUT2D eigenvalue weighted by Crippen LogP contribution is -1.47. The van der Waals surface area contributed by atoms with Gasteiger partial charge in [0, 0.05) is 0 Å². The Morgan fingerprint density at radius 2 is 2.50 bits per heavy atom. The summed E-state index contributed by atoms with van der Waals surface area (Å²) in [5.74, 6) is 2.39. The van der Waals surface area contributed by atoms with E-state index in [-0.39, 0.29) is 0 Å². The molecule has 6 heavy (non-hydrogen) atoms. The summed E-state index contributed by atoms with van der Waals surface area (Å²) < 4.78 is 0. The highest BCUT2D eigenvalue weighted by Crippen LogP contribution is 1.74. The molecule has 0 unspecified atom stereocenters. The molecule has 0 amide bonds. The number of hydrogen-bond donors (Lipinski definition) is 0. The van der Waals surface area contributed by atoms with Crippen molar-refractivity contribution in [3.05, 3.63) is 12.2 Å². The Bertz CT molecular complexity index is 72.5. The second-order valence-electron chi connectivity index (χ2n) is 0.977. The Hall–Kier alpha value is -0.700. The van der Waals surface area contributed by atoms with Gasteiger partial charge in [-0.3, -0.25) is 0 Å². The SMILES string of the molecule is C#C/C=C\CC. The summed E-state index contributed by atoms with van der Waals surface area (Å²) in [6.07, 6.45) is 9.56. The lowest BCUT2D eigenvalue weighted by Gasteiger charge is -1.65. The van der Waals surface area contributed by atoms with Crippen molar-refractivity contribution in [3.8, 4) is 12.3 Å². The topological polar surface area (TPSA) is 0 Å². The van der Waals surface area contributed by atoms with Crippen molar-refractivity contribution in [1.29, 1.82) is 0 Å². The molecule has 0 spiro atoms. The predicted octanol–water partition coefficient (Wildman–Crippen LogP) is 1.59. The van der Waals surface area contributed by atoms with E-state index in [0.717, 1.165) is 6.42 Å². The molecular weight excluding hydrogens is 72.1 g/mol. The number of allylic oxidation sites excluding steroid dienone is 2. The predicted molar refractivity (Wildman–Crippen MR) is 28.3 cm³/mol. The van der Waals surface area contributed by atoms with Crippen molar-refractivity contribution in [3.63, 3.8) is 0 Å². The van der Waals surface area contributed by atoms with Crippen molar-refractivity contribution >= 4 is 0 Å². The Morgan fingerprint density at radius 3 is 2.67 bits per heavy atom. The average molecular weight is 80.1 g/mol. The van der Waals surface area contributed by atoms with Crippen LogP contribution in [0.2, 0.25) is 0 Å². The summed E-state index contributed by atoms with van der Waals surface area (Å²) in [6, 6.07) is 0. The maximum atomic E-state index is 4.88. The summed E-state index contributed by atoms with van der Waals surface area (Å²) in [4.78, 5) is 0. The van der Waals surface area contributed by atoms with E-state index in [0.29, 0.717) is 0 Å². The van der Waals surface area contributed by atoms with Crippen LogP contribution < -0.4 is 0 Å². The van der Waals surface area contributed by atoms with E-state index in [4.69, 9.17) is 6.42 Å². The van der Waals surface area contributed by atoms with Crippen LogP contribution >= 0.6 is 0 Å². The third-order valence-corrected chi connectivity index (χ3v) is 0.450. The summed E-state index contributed by atoms with van der Waals surface area (Å²) in [6.45, 7) is 2.05. The van der Waals surface area contributed by atoms with Gasteiger partial charge in [-0.05, 0) is 12.5 Å². The summed E-state index contributed by atoms with van der Waals surface area (Å²) in [5.41, 5.74) is 0. The lowest BCUT2D eigenvalue weighted by atomic mass is 10.4. The van der Waals surface area contributed by atoms with Gasteiger partial charge in [0.25, 0.3) is 0 Å². The Balaban J connectivity index is 3.02.